The Morgan fingerprint density at radius 3 is 2.40 bits per heavy atom. The zero-order chi connectivity index (χ0) is 29.9. The van der Waals surface area contributed by atoms with Crippen LogP contribution in [0.2, 0.25) is 0 Å². The smallest absolute Gasteiger partial charge is 0.335 e. The average Bonchev–Trinajstić information content (AvgIpc) is 3.37. The molecule has 0 unspecified atom stereocenters. The Morgan fingerprint density at radius 2 is 1.72 bits per heavy atom. The van der Waals surface area contributed by atoms with Crippen LogP contribution in [0.1, 0.15) is 58.8 Å². The Balaban J connectivity index is 1.09. The van der Waals surface area contributed by atoms with Gasteiger partial charge in [0.1, 0.15) is 5.82 Å². The number of carbonyl (C=O) groups is 2. The largest absolute Gasteiger partial charge is 0.478 e. The third kappa shape index (κ3) is 6.68. The number of carboxylic acid groups (broad SMARTS) is 1. The fourth-order valence-corrected chi connectivity index (χ4v) is 7.07. The van der Waals surface area contributed by atoms with E-state index in [2.05, 4.69) is 14.9 Å². The van der Waals surface area contributed by atoms with Gasteiger partial charge < -0.3 is 19.6 Å². The molecule has 0 bridgehead atoms. The first-order valence-electron chi connectivity index (χ1n) is 14.8. The van der Waals surface area contributed by atoms with Crippen molar-refractivity contribution in [2.24, 2.45) is 0 Å². The fourth-order valence-electron chi connectivity index (χ4n) is 6.38. The molecule has 3 saturated heterocycles. The number of likely N-dealkylation sites (tertiary alicyclic amines) is 1. The van der Waals surface area contributed by atoms with Crippen LogP contribution in [0.25, 0.3) is 0 Å². The zero-order valence-electron chi connectivity index (χ0n) is 24.2. The van der Waals surface area contributed by atoms with Crippen molar-refractivity contribution in [3.05, 3.63) is 82.9 Å². The summed E-state index contributed by atoms with van der Waals surface area (Å²) in [5, 5.41) is 9.68. The second kappa shape index (κ2) is 13.0. The summed E-state index contributed by atoms with van der Waals surface area (Å²) in [4.78, 5) is 41.1. The summed E-state index contributed by atoms with van der Waals surface area (Å²) in [5.41, 5.74) is 2.85. The molecule has 1 atom stereocenters. The molecule has 0 radical (unpaired) electrons. The van der Waals surface area contributed by atoms with Gasteiger partial charge in [0.15, 0.2) is 5.16 Å². The van der Waals surface area contributed by atoms with E-state index in [4.69, 9.17) is 9.84 Å². The van der Waals surface area contributed by atoms with E-state index < -0.39 is 5.97 Å². The number of carbonyl (C=O) groups excluding carboxylic acids is 1. The molecule has 3 fully saturated rings. The summed E-state index contributed by atoms with van der Waals surface area (Å²) in [5.74, 6) is -1.20. The number of rotatable bonds is 8. The second-order valence-electron chi connectivity index (χ2n) is 11.5. The molecule has 4 heterocycles. The lowest BCUT2D eigenvalue weighted by Gasteiger charge is -2.39. The number of aromatic nitrogens is 2. The van der Waals surface area contributed by atoms with Gasteiger partial charge in [0, 0.05) is 79.9 Å². The van der Waals surface area contributed by atoms with Crippen molar-refractivity contribution in [2.75, 3.05) is 32.8 Å². The van der Waals surface area contributed by atoms with Crippen molar-refractivity contribution in [2.45, 2.75) is 67.3 Å². The summed E-state index contributed by atoms with van der Waals surface area (Å²) >= 11 is 1.38. The van der Waals surface area contributed by atoms with E-state index in [9.17, 15) is 9.59 Å². The third-order valence-corrected chi connectivity index (χ3v) is 9.56. The van der Waals surface area contributed by atoms with Crippen molar-refractivity contribution in [3.8, 4) is 0 Å². The zero-order valence-corrected chi connectivity index (χ0v) is 25.0. The van der Waals surface area contributed by atoms with Gasteiger partial charge in [0.2, 0.25) is 0 Å². The Labute approximate surface area is 255 Å². The number of hydrogen-bond donors (Lipinski definition) is 1. The number of benzene rings is 2. The van der Waals surface area contributed by atoms with Gasteiger partial charge in [0.25, 0.3) is 0 Å². The lowest BCUT2D eigenvalue weighted by Crippen LogP contribution is -2.48. The molecule has 2 aromatic carbocycles. The topological polar surface area (TPSA) is 99.1 Å². The van der Waals surface area contributed by atoms with Crippen LogP contribution in [-0.2, 0) is 11.3 Å². The number of hydrogen-bond acceptors (Lipinski definition) is 7. The monoisotopic (exact) mass is 605 g/mol. The van der Waals surface area contributed by atoms with Gasteiger partial charge in [-0.2, -0.15) is 0 Å². The quantitative estimate of drug-likeness (QED) is 0.341. The van der Waals surface area contributed by atoms with Crippen LogP contribution in [0.3, 0.4) is 0 Å². The molecule has 1 aromatic heterocycles. The van der Waals surface area contributed by atoms with E-state index in [1.807, 2.05) is 35.2 Å². The SMILES string of the molecule is Cc1ccc(F)c([C@@H]2CN(C3CCOCC3)C(=O)N2C2CCN(Cc3cnc(Sc4ccc(C(=O)O)cc4)nc3)CC2)c1. The highest BCUT2D eigenvalue weighted by atomic mass is 32.2. The van der Waals surface area contributed by atoms with Gasteiger partial charge in [-0.1, -0.05) is 17.7 Å². The van der Waals surface area contributed by atoms with Gasteiger partial charge in [-0.15, -0.1) is 0 Å². The Kier molecular flexibility index (Phi) is 8.92. The van der Waals surface area contributed by atoms with Crippen molar-refractivity contribution in [3.63, 3.8) is 0 Å². The van der Waals surface area contributed by atoms with Gasteiger partial charge in [-0.05, 0) is 74.7 Å². The number of halogens is 1. The average molecular weight is 606 g/mol. The predicted molar refractivity (Wildman–Crippen MR) is 160 cm³/mol. The van der Waals surface area contributed by atoms with Crippen molar-refractivity contribution >= 4 is 23.8 Å². The van der Waals surface area contributed by atoms with Crippen LogP contribution in [-0.4, -0.2) is 86.7 Å². The molecule has 0 spiro atoms. The summed E-state index contributed by atoms with van der Waals surface area (Å²) in [6.45, 7) is 6.13. The lowest BCUT2D eigenvalue weighted by molar-refractivity contribution is 0.0493. The van der Waals surface area contributed by atoms with Gasteiger partial charge in [0.05, 0.1) is 11.6 Å². The number of aromatic carboxylic acids is 1. The molecule has 9 nitrogen and oxygen atoms in total. The molecule has 3 aliphatic heterocycles. The van der Waals surface area contributed by atoms with Gasteiger partial charge >= 0.3 is 12.0 Å². The molecule has 0 saturated carbocycles. The molecule has 2 amide bonds. The summed E-state index contributed by atoms with van der Waals surface area (Å²) in [6, 6.07) is 11.7. The number of urea groups is 1. The van der Waals surface area contributed by atoms with Gasteiger partial charge in [-0.3, -0.25) is 4.90 Å². The number of aryl methyl sites for hydroxylation is 1. The number of amides is 2. The predicted octanol–water partition coefficient (Wildman–Crippen LogP) is 5.40. The van der Waals surface area contributed by atoms with Crippen LogP contribution in [0.15, 0.2) is 64.9 Å². The van der Waals surface area contributed by atoms with E-state index in [0.717, 1.165) is 54.8 Å². The van der Waals surface area contributed by atoms with Crippen molar-refractivity contribution < 1.29 is 23.8 Å². The molecule has 11 heteroatoms. The Bertz CT molecular complexity index is 1440. The van der Waals surface area contributed by atoms with E-state index in [1.54, 1.807) is 30.3 Å². The first kappa shape index (κ1) is 29.5. The van der Waals surface area contributed by atoms with E-state index >= 15 is 4.39 Å². The third-order valence-electron chi connectivity index (χ3n) is 8.66. The minimum absolute atomic E-state index is 0.0235. The number of ether oxygens (including phenoxy) is 1. The van der Waals surface area contributed by atoms with Crippen LogP contribution >= 0.6 is 11.8 Å². The number of carboxylic acids is 1. The fraction of sp³-hybridized carbons (Fsp3) is 0.438. The normalized spacial score (nSPS) is 20.6. The molecule has 3 aliphatic rings. The number of nitrogens with zero attached hydrogens (tertiary/aromatic N) is 5. The van der Waals surface area contributed by atoms with Crippen LogP contribution in [0, 0.1) is 12.7 Å². The highest BCUT2D eigenvalue weighted by molar-refractivity contribution is 7.99. The van der Waals surface area contributed by atoms with E-state index in [0.29, 0.717) is 37.0 Å². The second-order valence-corrected chi connectivity index (χ2v) is 12.6. The Morgan fingerprint density at radius 1 is 1.02 bits per heavy atom. The van der Waals surface area contributed by atoms with Crippen LogP contribution < -0.4 is 0 Å². The molecular weight excluding hydrogens is 569 g/mol. The number of piperidine rings is 1. The summed E-state index contributed by atoms with van der Waals surface area (Å²) < 4.78 is 20.7. The summed E-state index contributed by atoms with van der Waals surface area (Å²) in [6.07, 6.45) is 6.93. The molecular formula is C32H36FN5O4S. The van der Waals surface area contributed by atoms with Gasteiger partial charge in [-0.25, -0.2) is 23.9 Å². The van der Waals surface area contributed by atoms with Crippen molar-refractivity contribution in [1.82, 2.24) is 24.7 Å². The van der Waals surface area contributed by atoms with E-state index in [-0.39, 0.29) is 35.5 Å². The molecule has 226 valence electrons. The maximum absolute atomic E-state index is 15.1. The molecule has 3 aromatic rings. The highest BCUT2D eigenvalue weighted by Crippen LogP contribution is 2.38. The van der Waals surface area contributed by atoms with Crippen LogP contribution in [0.5, 0.6) is 0 Å². The summed E-state index contributed by atoms with van der Waals surface area (Å²) in [7, 11) is 0. The standard InChI is InChI=1S/C32H36FN5O4S/c1-21-2-7-28(33)27(16-21)29-20-37(24-10-14-42-15-11-24)32(41)38(29)25-8-12-36(13-9-25)19-22-17-34-31(35-18-22)43-26-5-3-23(4-6-26)30(39)40/h2-7,16-18,24-25,29H,8-15,19-20H2,1H3,(H,39,40)/t29-/m0/s1. The highest BCUT2D eigenvalue weighted by Gasteiger charge is 2.46. The lowest BCUT2D eigenvalue weighted by atomic mass is 9.97. The molecule has 6 rings (SSSR count). The minimum atomic E-state index is -0.954. The minimum Gasteiger partial charge on any atom is -0.478 e. The maximum Gasteiger partial charge on any atom is 0.335 e. The van der Waals surface area contributed by atoms with Crippen LogP contribution in [0.4, 0.5) is 9.18 Å². The first-order chi connectivity index (χ1) is 20.9. The molecule has 43 heavy (non-hydrogen) atoms. The molecule has 0 aliphatic carbocycles. The maximum atomic E-state index is 15.1. The van der Waals surface area contributed by atoms with Crippen molar-refractivity contribution in [1.29, 1.82) is 0 Å². The van der Waals surface area contributed by atoms with E-state index in [1.165, 1.54) is 17.8 Å². The first-order valence-corrected chi connectivity index (χ1v) is 15.6. The Hall–Kier alpha value is -3.54. The molecule has 1 N–H and O–H groups in total.